The summed E-state index contributed by atoms with van der Waals surface area (Å²) in [7, 11) is 3.20. The van der Waals surface area contributed by atoms with E-state index in [0.29, 0.717) is 35.8 Å². The Kier molecular flexibility index (Phi) is 8.02. The Morgan fingerprint density at radius 2 is 1.91 bits per heavy atom. The molecule has 9 nitrogen and oxygen atoms in total. The van der Waals surface area contributed by atoms with E-state index >= 15 is 0 Å². The van der Waals surface area contributed by atoms with Gasteiger partial charge in [-0.05, 0) is 50.1 Å². The molecule has 1 aromatic heterocycles. The molecule has 9 heteroatoms. The zero-order valence-corrected chi connectivity index (χ0v) is 19.6. The number of hydrogen-bond acceptors (Lipinski definition) is 7. The summed E-state index contributed by atoms with van der Waals surface area (Å²) in [5.74, 6) is 0.230. The van der Waals surface area contributed by atoms with Gasteiger partial charge in [-0.2, -0.15) is 0 Å². The van der Waals surface area contributed by atoms with Crippen LogP contribution in [0.25, 0.3) is 11.3 Å². The first kappa shape index (κ1) is 24.5. The summed E-state index contributed by atoms with van der Waals surface area (Å²) in [5, 5.41) is 5.39. The van der Waals surface area contributed by atoms with Crippen molar-refractivity contribution in [3.05, 3.63) is 60.6 Å². The van der Waals surface area contributed by atoms with Crippen LogP contribution < -0.4 is 20.1 Å². The van der Waals surface area contributed by atoms with Crippen LogP contribution in [0.5, 0.6) is 11.5 Å². The van der Waals surface area contributed by atoms with E-state index in [0.717, 1.165) is 11.3 Å². The molecule has 0 fully saturated rings. The van der Waals surface area contributed by atoms with Crippen molar-refractivity contribution >= 4 is 23.7 Å². The molecule has 3 aromatic rings. The molecule has 0 saturated carbocycles. The Balaban J connectivity index is 1.58. The van der Waals surface area contributed by atoms with Gasteiger partial charge in [-0.1, -0.05) is 12.1 Å². The van der Waals surface area contributed by atoms with Gasteiger partial charge in [0.25, 0.3) is 0 Å². The largest absolute Gasteiger partial charge is 0.496 e. The van der Waals surface area contributed by atoms with Crippen LogP contribution >= 0.6 is 0 Å². The number of oxazole rings is 1. The number of hydrogen-bond donors (Lipinski definition) is 2. The van der Waals surface area contributed by atoms with Gasteiger partial charge in [0.05, 0.1) is 18.9 Å². The van der Waals surface area contributed by atoms with E-state index in [1.807, 2.05) is 38.1 Å². The van der Waals surface area contributed by atoms with Gasteiger partial charge >= 0.3 is 11.8 Å². The quantitative estimate of drug-likeness (QED) is 0.370. The average Bonchev–Trinajstić information content (AvgIpc) is 3.34. The number of aliphatic imine (C=N–C) groups is 1. The zero-order chi connectivity index (χ0) is 24.6. The Hall–Kier alpha value is -4.14. The van der Waals surface area contributed by atoms with Gasteiger partial charge in [0.1, 0.15) is 18.1 Å². The molecule has 0 aliphatic rings. The van der Waals surface area contributed by atoms with E-state index in [1.165, 1.54) is 13.5 Å². The highest BCUT2D eigenvalue weighted by atomic mass is 16.5. The summed E-state index contributed by atoms with van der Waals surface area (Å²) in [6.45, 7) is 4.12. The normalized spacial score (nSPS) is 11.3. The predicted molar refractivity (Wildman–Crippen MR) is 129 cm³/mol. The number of methoxy groups -OCH3 is 1. The van der Waals surface area contributed by atoms with Crippen molar-refractivity contribution in [2.24, 2.45) is 4.99 Å². The molecular weight excluding hydrogens is 436 g/mol. The van der Waals surface area contributed by atoms with E-state index in [4.69, 9.17) is 13.9 Å². The minimum absolute atomic E-state index is 0.404. The zero-order valence-electron chi connectivity index (χ0n) is 19.6. The lowest BCUT2D eigenvalue weighted by atomic mass is 9.95. The van der Waals surface area contributed by atoms with Gasteiger partial charge in [-0.3, -0.25) is 14.6 Å². The van der Waals surface area contributed by atoms with Gasteiger partial charge in [0, 0.05) is 30.6 Å². The van der Waals surface area contributed by atoms with Crippen LogP contribution in [0, 0.1) is 0 Å². The highest BCUT2D eigenvalue weighted by molar-refractivity contribution is 6.39. The summed E-state index contributed by atoms with van der Waals surface area (Å²) in [6.07, 6.45) is 5.09. The van der Waals surface area contributed by atoms with Crippen LogP contribution in [0.4, 0.5) is 5.69 Å². The van der Waals surface area contributed by atoms with Crippen LogP contribution in [0.3, 0.4) is 0 Å². The molecule has 1 heterocycles. The average molecular weight is 465 g/mol. The molecule has 0 bridgehead atoms. The van der Waals surface area contributed by atoms with Gasteiger partial charge in [-0.25, -0.2) is 4.98 Å². The molecule has 34 heavy (non-hydrogen) atoms. The molecule has 0 unspecified atom stereocenters. The maximum atomic E-state index is 12.6. The number of nitrogens with zero attached hydrogens (tertiary/aromatic N) is 2. The number of anilines is 1. The number of rotatable bonds is 9. The Morgan fingerprint density at radius 3 is 2.56 bits per heavy atom. The predicted octanol–water partition coefficient (Wildman–Crippen LogP) is 3.51. The standard InChI is InChI=1S/C25H28N4O5/c1-25(2,14-17-5-8-19(9-6-17)33-12-11-26-3)29-24(31)23(30)28-18-7-10-20(21(13-18)32-4)22-15-27-16-34-22/h5-11,13,15-16H,12,14H2,1-4H3,(H,28,30)(H,29,31). The first-order chi connectivity index (χ1) is 16.3. The van der Waals surface area contributed by atoms with Crippen molar-refractivity contribution in [3.63, 3.8) is 0 Å². The summed E-state index contributed by atoms with van der Waals surface area (Å²) < 4.78 is 16.2. The van der Waals surface area contributed by atoms with Crippen molar-refractivity contribution in [1.82, 2.24) is 10.3 Å². The Labute approximate surface area is 198 Å². The fraction of sp³-hybridized carbons (Fsp3) is 0.280. The van der Waals surface area contributed by atoms with Gasteiger partial charge in [0.15, 0.2) is 12.2 Å². The van der Waals surface area contributed by atoms with Gasteiger partial charge < -0.3 is 24.5 Å². The lowest BCUT2D eigenvalue weighted by Gasteiger charge is -2.26. The fourth-order valence-corrected chi connectivity index (χ4v) is 3.34. The first-order valence-corrected chi connectivity index (χ1v) is 10.6. The monoisotopic (exact) mass is 464 g/mol. The fourth-order valence-electron chi connectivity index (χ4n) is 3.34. The summed E-state index contributed by atoms with van der Waals surface area (Å²) >= 11 is 0. The molecule has 0 radical (unpaired) electrons. The van der Waals surface area contributed by atoms with Crippen molar-refractivity contribution in [2.75, 3.05) is 26.1 Å². The molecule has 0 aliphatic heterocycles. The summed E-state index contributed by atoms with van der Waals surface area (Å²) in [6, 6.07) is 12.6. The molecule has 0 spiro atoms. The molecule has 0 saturated heterocycles. The number of nitrogens with one attached hydrogen (secondary N) is 2. The second kappa shape index (κ2) is 11.1. The summed E-state index contributed by atoms with van der Waals surface area (Å²) in [4.78, 5) is 32.8. The molecule has 2 N–H and O–H groups in total. The highest BCUT2D eigenvalue weighted by Crippen LogP contribution is 2.32. The second-order valence-electron chi connectivity index (χ2n) is 8.15. The second-order valence-corrected chi connectivity index (χ2v) is 8.15. The Morgan fingerprint density at radius 1 is 1.15 bits per heavy atom. The van der Waals surface area contributed by atoms with Gasteiger partial charge in [0.2, 0.25) is 0 Å². The maximum absolute atomic E-state index is 12.6. The third-order valence-electron chi connectivity index (χ3n) is 4.89. The van der Waals surface area contributed by atoms with Crippen LogP contribution in [0.2, 0.25) is 0 Å². The number of aromatic nitrogens is 1. The molecule has 3 rings (SSSR count). The first-order valence-electron chi connectivity index (χ1n) is 10.6. The molecule has 0 aliphatic carbocycles. The van der Waals surface area contributed by atoms with Crippen LogP contribution in [0.1, 0.15) is 19.4 Å². The number of carbonyl (C=O) groups is 2. The SMILES string of the molecule is CN=CCOc1ccc(CC(C)(C)NC(=O)C(=O)Nc2ccc(-c3cnco3)c(OC)c2)cc1. The maximum Gasteiger partial charge on any atom is 0.313 e. The van der Waals surface area contributed by atoms with Crippen LogP contribution in [-0.4, -0.2) is 49.3 Å². The molecule has 2 amide bonds. The smallest absolute Gasteiger partial charge is 0.313 e. The van der Waals surface area contributed by atoms with E-state index < -0.39 is 17.4 Å². The Bertz CT molecular complexity index is 1140. The van der Waals surface area contributed by atoms with E-state index in [1.54, 1.807) is 37.7 Å². The topological polar surface area (TPSA) is 115 Å². The third kappa shape index (κ3) is 6.68. The van der Waals surface area contributed by atoms with Crippen molar-refractivity contribution in [3.8, 4) is 22.8 Å². The summed E-state index contributed by atoms with van der Waals surface area (Å²) in [5.41, 5.74) is 1.44. The number of benzene rings is 2. The van der Waals surface area contributed by atoms with Crippen molar-refractivity contribution in [1.29, 1.82) is 0 Å². The van der Waals surface area contributed by atoms with Crippen LogP contribution in [-0.2, 0) is 16.0 Å². The lowest BCUT2D eigenvalue weighted by Crippen LogP contribution is -2.49. The van der Waals surface area contributed by atoms with Crippen LogP contribution in [0.15, 0.2) is 64.5 Å². The third-order valence-corrected chi connectivity index (χ3v) is 4.89. The van der Waals surface area contributed by atoms with Crippen molar-refractivity contribution < 1.29 is 23.5 Å². The molecule has 0 atom stereocenters. The van der Waals surface area contributed by atoms with E-state index in [-0.39, 0.29) is 0 Å². The van der Waals surface area contributed by atoms with E-state index in [9.17, 15) is 9.59 Å². The van der Waals surface area contributed by atoms with E-state index in [2.05, 4.69) is 20.6 Å². The number of ether oxygens (including phenoxy) is 2. The van der Waals surface area contributed by atoms with Crippen molar-refractivity contribution in [2.45, 2.75) is 25.8 Å². The van der Waals surface area contributed by atoms with Gasteiger partial charge in [-0.15, -0.1) is 0 Å². The molecule has 178 valence electrons. The minimum Gasteiger partial charge on any atom is -0.496 e. The number of carbonyl (C=O) groups excluding carboxylic acids is 2. The lowest BCUT2D eigenvalue weighted by molar-refractivity contribution is -0.137. The molecule has 2 aromatic carbocycles. The number of amides is 2. The minimum atomic E-state index is -0.774. The molecular formula is C25H28N4O5. The highest BCUT2D eigenvalue weighted by Gasteiger charge is 2.25.